The summed E-state index contributed by atoms with van der Waals surface area (Å²) in [6.45, 7) is 3.77. The molecule has 6 nitrogen and oxygen atoms in total. The fraction of sp³-hybridized carbons (Fsp3) is 0.286. The Hall–Kier alpha value is -2.86. The van der Waals surface area contributed by atoms with Gasteiger partial charge in [0.15, 0.2) is 5.82 Å². The van der Waals surface area contributed by atoms with Crippen LogP contribution in [0.4, 0.5) is 5.95 Å². The molecule has 1 aliphatic heterocycles. The van der Waals surface area contributed by atoms with Crippen molar-refractivity contribution in [2.75, 3.05) is 18.0 Å². The van der Waals surface area contributed by atoms with E-state index in [9.17, 15) is 4.79 Å². The van der Waals surface area contributed by atoms with Crippen LogP contribution >= 0.6 is 11.6 Å². The highest BCUT2D eigenvalue weighted by Gasteiger charge is 2.40. The van der Waals surface area contributed by atoms with Crippen LogP contribution in [0, 0.1) is 5.41 Å². The molecule has 7 heteroatoms. The Kier molecular flexibility index (Phi) is 4.81. The molecule has 0 unspecified atom stereocenters. The number of nitrogens with zero attached hydrogens (tertiary/aromatic N) is 4. The second-order valence-corrected chi connectivity index (χ2v) is 7.94. The Morgan fingerprint density at radius 3 is 2.64 bits per heavy atom. The van der Waals surface area contributed by atoms with Gasteiger partial charge < -0.3 is 10.6 Å². The number of benzene rings is 2. The summed E-state index contributed by atoms with van der Waals surface area (Å²) in [6.07, 6.45) is 0.701. The third-order valence-corrected chi connectivity index (χ3v) is 5.58. The van der Waals surface area contributed by atoms with E-state index in [1.807, 2.05) is 49.4 Å². The van der Waals surface area contributed by atoms with Crippen LogP contribution in [-0.4, -0.2) is 33.8 Å². The van der Waals surface area contributed by atoms with Crippen molar-refractivity contribution in [3.8, 4) is 11.4 Å². The highest BCUT2D eigenvalue weighted by molar-refractivity contribution is 6.30. The largest absolute Gasteiger partial charge is 0.369 e. The van der Waals surface area contributed by atoms with Gasteiger partial charge in [0.05, 0.1) is 12.0 Å². The Morgan fingerprint density at radius 1 is 1.18 bits per heavy atom. The van der Waals surface area contributed by atoms with Crippen LogP contribution in [0.3, 0.4) is 0 Å². The first-order chi connectivity index (χ1) is 13.5. The molecule has 2 heterocycles. The molecule has 2 N–H and O–H groups in total. The van der Waals surface area contributed by atoms with Crippen LogP contribution in [0.15, 0.2) is 54.6 Å². The van der Waals surface area contributed by atoms with Gasteiger partial charge in [-0.25, -0.2) is 0 Å². The average Bonchev–Trinajstić information content (AvgIpc) is 3.27. The predicted octanol–water partition coefficient (Wildman–Crippen LogP) is 3.35. The van der Waals surface area contributed by atoms with Crippen molar-refractivity contribution in [3.05, 3.63) is 65.2 Å². The van der Waals surface area contributed by atoms with Gasteiger partial charge in [0.1, 0.15) is 0 Å². The predicted molar refractivity (Wildman–Crippen MR) is 110 cm³/mol. The van der Waals surface area contributed by atoms with Crippen molar-refractivity contribution >= 4 is 23.5 Å². The van der Waals surface area contributed by atoms with E-state index >= 15 is 0 Å². The first kappa shape index (κ1) is 18.5. The van der Waals surface area contributed by atoms with Gasteiger partial charge in [-0.2, -0.15) is 0 Å². The molecular formula is C21H22ClN5O. The SMILES string of the molecule is C[C@]1(C(N)=O)CCN(c2nnc(-c3cccc(Cl)c3)n2Cc2ccccc2)C1. The van der Waals surface area contributed by atoms with Crippen molar-refractivity contribution in [1.82, 2.24) is 14.8 Å². The van der Waals surface area contributed by atoms with Gasteiger partial charge in [-0.05, 0) is 31.0 Å². The zero-order chi connectivity index (χ0) is 19.7. The highest BCUT2D eigenvalue weighted by atomic mass is 35.5. The number of hydrogen-bond donors (Lipinski definition) is 1. The van der Waals surface area contributed by atoms with Crippen LogP contribution < -0.4 is 10.6 Å². The molecule has 0 bridgehead atoms. The van der Waals surface area contributed by atoms with Crippen LogP contribution in [0.5, 0.6) is 0 Å². The maximum atomic E-state index is 11.9. The molecule has 0 spiro atoms. The topological polar surface area (TPSA) is 77.0 Å². The van der Waals surface area contributed by atoms with Gasteiger partial charge in [-0.3, -0.25) is 9.36 Å². The smallest absolute Gasteiger partial charge is 0.227 e. The number of hydrogen-bond acceptors (Lipinski definition) is 4. The van der Waals surface area contributed by atoms with Crippen molar-refractivity contribution in [2.24, 2.45) is 11.1 Å². The second kappa shape index (κ2) is 7.28. The minimum atomic E-state index is -0.556. The summed E-state index contributed by atoms with van der Waals surface area (Å²) in [5.41, 5.74) is 7.11. The molecule has 1 aromatic heterocycles. The van der Waals surface area contributed by atoms with Gasteiger partial charge in [0, 0.05) is 23.7 Å². The maximum absolute atomic E-state index is 11.9. The van der Waals surface area contributed by atoms with Crippen LogP contribution in [0.2, 0.25) is 5.02 Å². The Bertz CT molecular complexity index is 1000. The zero-order valence-electron chi connectivity index (χ0n) is 15.7. The van der Waals surface area contributed by atoms with E-state index in [0.29, 0.717) is 31.1 Å². The summed E-state index contributed by atoms with van der Waals surface area (Å²) in [5, 5.41) is 9.58. The molecule has 28 heavy (non-hydrogen) atoms. The van der Waals surface area contributed by atoms with E-state index in [1.165, 1.54) is 0 Å². The third kappa shape index (κ3) is 3.47. The van der Waals surface area contributed by atoms with E-state index in [1.54, 1.807) is 0 Å². The van der Waals surface area contributed by atoms with E-state index in [-0.39, 0.29) is 5.91 Å². The van der Waals surface area contributed by atoms with Crippen LogP contribution in [-0.2, 0) is 11.3 Å². The van der Waals surface area contributed by atoms with E-state index in [4.69, 9.17) is 17.3 Å². The fourth-order valence-corrected chi connectivity index (χ4v) is 3.80. The molecule has 144 valence electrons. The number of carbonyl (C=O) groups is 1. The molecule has 3 aromatic rings. The summed E-state index contributed by atoms with van der Waals surface area (Å²) in [7, 11) is 0. The molecule has 1 aliphatic rings. The lowest BCUT2D eigenvalue weighted by molar-refractivity contribution is -0.125. The second-order valence-electron chi connectivity index (χ2n) is 7.50. The summed E-state index contributed by atoms with van der Waals surface area (Å²) >= 11 is 6.19. The van der Waals surface area contributed by atoms with Crippen molar-refractivity contribution in [3.63, 3.8) is 0 Å². The van der Waals surface area contributed by atoms with E-state index < -0.39 is 5.41 Å². The lowest BCUT2D eigenvalue weighted by Crippen LogP contribution is -2.37. The zero-order valence-corrected chi connectivity index (χ0v) is 16.4. The van der Waals surface area contributed by atoms with Gasteiger partial charge in [0.2, 0.25) is 11.9 Å². The number of rotatable bonds is 5. The molecule has 2 aromatic carbocycles. The number of amides is 1. The summed E-state index contributed by atoms with van der Waals surface area (Å²) < 4.78 is 2.08. The molecule has 0 aliphatic carbocycles. The molecular weight excluding hydrogens is 374 g/mol. The quantitative estimate of drug-likeness (QED) is 0.718. The monoisotopic (exact) mass is 395 g/mol. The minimum Gasteiger partial charge on any atom is -0.369 e. The normalized spacial score (nSPS) is 19.1. The average molecular weight is 396 g/mol. The molecule has 1 amide bonds. The molecule has 0 saturated carbocycles. The number of nitrogens with two attached hydrogens (primary N) is 1. The summed E-state index contributed by atoms with van der Waals surface area (Å²) in [4.78, 5) is 14.0. The van der Waals surface area contributed by atoms with Crippen molar-refractivity contribution in [1.29, 1.82) is 0 Å². The van der Waals surface area contributed by atoms with Crippen LogP contribution in [0.1, 0.15) is 18.9 Å². The van der Waals surface area contributed by atoms with Gasteiger partial charge in [-0.15, -0.1) is 10.2 Å². The molecule has 4 rings (SSSR count). The lowest BCUT2D eigenvalue weighted by atomic mass is 9.89. The van der Waals surface area contributed by atoms with Crippen molar-refractivity contribution < 1.29 is 4.79 Å². The molecule has 1 saturated heterocycles. The fourth-order valence-electron chi connectivity index (χ4n) is 3.61. The standard InChI is InChI=1S/C21H22ClN5O/c1-21(19(23)28)10-11-26(14-21)20-25-24-18(16-8-5-9-17(22)12-16)27(20)13-15-6-3-2-4-7-15/h2-9,12H,10-11,13-14H2,1H3,(H2,23,28)/t21-/m0/s1. The van der Waals surface area contributed by atoms with E-state index in [0.717, 1.165) is 22.9 Å². The lowest BCUT2D eigenvalue weighted by Gasteiger charge is -2.22. The minimum absolute atomic E-state index is 0.279. The Morgan fingerprint density at radius 2 is 1.96 bits per heavy atom. The maximum Gasteiger partial charge on any atom is 0.227 e. The number of primary amides is 1. The first-order valence-corrected chi connectivity index (χ1v) is 9.62. The third-order valence-electron chi connectivity index (χ3n) is 5.35. The Balaban J connectivity index is 1.76. The van der Waals surface area contributed by atoms with Crippen LogP contribution in [0.25, 0.3) is 11.4 Å². The number of anilines is 1. The summed E-state index contributed by atoms with van der Waals surface area (Å²) in [6, 6.07) is 17.8. The van der Waals surface area contributed by atoms with Gasteiger partial charge >= 0.3 is 0 Å². The first-order valence-electron chi connectivity index (χ1n) is 9.24. The van der Waals surface area contributed by atoms with E-state index in [2.05, 4.69) is 31.8 Å². The van der Waals surface area contributed by atoms with Gasteiger partial charge in [0.25, 0.3) is 0 Å². The Labute approximate surface area is 168 Å². The molecule has 1 atom stereocenters. The molecule has 1 fully saturated rings. The van der Waals surface area contributed by atoms with Gasteiger partial charge in [-0.1, -0.05) is 54.1 Å². The number of halogens is 1. The van der Waals surface area contributed by atoms with Crippen molar-refractivity contribution in [2.45, 2.75) is 19.9 Å². The number of aromatic nitrogens is 3. The summed E-state index contributed by atoms with van der Waals surface area (Å²) in [5.74, 6) is 1.21. The number of carbonyl (C=O) groups excluding carboxylic acids is 1. The molecule has 0 radical (unpaired) electrons. The highest BCUT2D eigenvalue weighted by Crippen LogP contribution is 2.34.